The molecule has 0 aromatic heterocycles. The van der Waals surface area contributed by atoms with Crippen molar-refractivity contribution in [2.45, 2.75) is 74.0 Å². The van der Waals surface area contributed by atoms with Crippen LogP contribution in [0.25, 0.3) is 0 Å². The number of aliphatic hydroxyl groups is 1. The van der Waals surface area contributed by atoms with E-state index in [0.29, 0.717) is 5.56 Å². The Morgan fingerprint density at radius 1 is 0.526 bits per heavy atom. The van der Waals surface area contributed by atoms with Gasteiger partial charge in [0.2, 0.25) is 0 Å². The fourth-order valence-electron chi connectivity index (χ4n) is 3.56. The summed E-state index contributed by atoms with van der Waals surface area (Å²) in [6, 6.07) is 9.95. The topological polar surface area (TPSA) is 20.2 Å². The van der Waals surface area contributed by atoms with Crippen molar-refractivity contribution in [2.24, 2.45) is 0 Å². The van der Waals surface area contributed by atoms with Crippen LogP contribution in [-0.2, 0) is 11.0 Å². The summed E-state index contributed by atoms with van der Waals surface area (Å²) < 4.78 is 177. The third-order valence-electron chi connectivity index (χ3n) is 5.93. The van der Waals surface area contributed by atoms with Gasteiger partial charge < -0.3 is 5.11 Å². The molecule has 0 fully saturated rings. The lowest BCUT2D eigenvalue weighted by Gasteiger charge is -2.42. The third-order valence-corrected chi connectivity index (χ3v) is 5.93. The van der Waals surface area contributed by atoms with Crippen molar-refractivity contribution in [1.29, 1.82) is 0 Å². The maximum atomic E-state index is 14.9. The zero-order valence-corrected chi connectivity index (χ0v) is 19.8. The van der Waals surface area contributed by atoms with Crippen molar-refractivity contribution in [3.8, 4) is 0 Å². The standard InChI is InChI=1S/C24H21F13O/c1-17(2,3)15-10-7-11-16(12-15)18(38,14-8-5-4-6-9-14)13-19(25,26)20(27,28)21(29,30)22(31,32)23(33,34)24(35,36)37/h4-12,38H,13H2,1-3H3. The molecule has 0 saturated carbocycles. The van der Waals surface area contributed by atoms with Gasteiger partial charge in [0.1, 0.15) is 5.60 Å². The van der Waals surface area contributed by atoms with Crippen LogP contribution in [0.4, 0.5) is 57.1 Å². The Kier molecular flexibility index (Phi) is 7.76. The highest BCUT2D eigenvalue weighted by Crippen LogP contribution is 2.61. The first kappa shape index (κ1) is 31.7. The molecular weight excluding hydrogens is 551 g/mol. The number of benzene rings is 2. The van der Waals surface area contributed by atoms with Gasteiger partial charge in [-0.3, -0.25) is 0 Å². The summed E-state index contributed by atoms with van der Waals surface area (Å²) in [5.74, 6) is -37.7. The van der Waals surface area contributed by atoms with Crippen LogP contribution in [0.3, 0.4) is 0 Å². The van der Waals surface area contributed by atoms with Gasteiger partial charge in [-0.1, -0.05) is 75.4 Å². The summed E-state index contributed by atoms with van der Waals surface area (Å²) >= 11 is 0. The molecule has 1 nitrogen and oxygen atoms in total. The Morgan fingerprint density at radius 2 is 0.947 bits per heavy atom. The predicted molar refractivity (Wildman–Crippen MR) is 110 cm³/mol. The molecule has 0 heterocycles. The highest BCUT2D eigenvalue weighted by atomic mass is 19.4. The van der Waals surface area contributed by atoms with Crippen molar-refractivity contribution < 1.29 is 62.2 Å². The van der Waals surface area contributed by atoms with E-state index in [1.807, 2.05) is 0 Å². The Labute approximate surface area is 208 Å². The van der Waals surface area contributed by atoms with Crippen LogP contribution < -0.4 is 0 Å². The number of alkyl halides is 13. The van der Waals surface area contributed by atoms with E-state index in [9.17, 15) is 62.2 Å². The van der Waals surface area contributed by atoms with Crippen LogP contribution in [0.5, 0.6) is 0 Å². The molecule has 0 aliphatic carbocycles. The second-order valence-corrected chi connectivity index (χ2v) is 9.73. The van der Waals surface area contributed by atoms with Gasteiger partial charge in [0.25, 0.3) is 0 Å². The van der Waals surface area contributed by atoms with Crippen molar-refractivity contribution in [3.63, 3.8) is 0 Å². The quantitative estimate of drug-likeness (QED) is 0.316. The van der Waals surface area contributed by atoms with Gasteiger partial charge in [-0.05, 0) is 22.1 Å². The highest BCUT2D eigenvalue weighted by molar-refractivity contribution is 5.40. The lowest BCUT2D eigenvalue weighted by molar-refractivity contribution is -0.441. The second-order valence-electron chi connectivity index (χ2n) is 9.73. The molecule has 214 valence electrons. The molecule has 1 atom stereocenters. The van der Waals surface area contributed by atoms with Crippen LogP contribution in [0.15, 0.2) is 54.6 Å². The van der Waals surface area contributed by atoms with E-state index in [4.69, 9.17) is 0 Å². The van der Waals surface area contributed by atoms with Crippen molar-refractivity contribution in [2.75, 3.05) is 0 Å². The van der Waals surface area contributed by atoms with Gasteiger partial charge in [-0.2, -0.15) is 57.1 Å². The highest BCUT2D eigenvalue weighted by Gasteiger charge is 2.90. The van der Waals surface area contributed by atoms with Crippen LogP contribution in [0.2, 0.25) is 0 Å². The Balaban J connectivity index is 2.73. The molecular formula is C24H21F13O. The first-order valence-corrected chi connectivity index (χ1v) is 10.6. The average molecular weight is 572 g/mol. The first-order valence-electron chi connectivity index (χ1n) is 10.6. The van der Waals surface area contributed by atoms with Crippen molar-refractivity contribution >= 4 is 0 Å². The van der Waals surface area contributed by atoms with Gasteiger partial charge in [-0.15, -0.1) is 0 Å². The number of rotatable bonds is 8. The number of hydrogen-bond donors (Lipinski definition) is 1. The maximum Gasteiger partial charge on any atom is 0.460 e. The van der Waals surface area contributed by atoms with Gasteiger partial charge >= 0.3 is 35.8 Å². The fraction of sp³-hybridized carbons (Fsp3) is 0.500. The maximum absolute atomic E-state index is 14.9. The van der Waals surface area contributed by atoms with E-state index < -0.39 is 64.4 Å². The van der Waals surface area contributed by atoms with Crippen LogP contribution >= 0.6 is 0 Å². The Morgan fingerprint density at radius 3 is 1.39 bits per heavy atom. The first-order chi connectivity index (χ1) is 16.8. The molecule has 0 saturated heterocycles. The molecule has 0 aliphatic heterocycles. The van der Waals surface area contributed by atoms with Crippen LogP contribution in [-0.4, -0.2) is 40.9 Å². The number of hydrogen-bond acceptors (Lipinski definition) is 1. The predicted octanol–water partition coefficient (Wildman–Crippen LogP) is 8.35. The molecule has 2 rings (SSSR count). The van der Waals surface area contributed by atoms with E-state index in [1.165, 1.54) is 18.2 Å². The Hall–Kier alpha value is -2.51. The normalized spacial score (nSPS) is 16.3. The summed E-state index contributed by atoms with van der Waals surface area (Å²) in [5, 5.41) is 11.2. The zero-order chi connectivity index (χ0) is 29.8. The molecule has 2 aromatic carbocycles. The van der Waals surface area contributed by atoms with E-state index >= 15 is 0 Å². The van der Waals surface area contributed by atoms with E-state index in [1.54, 1.807) is 20.8 Å². The molecule has 38 heavy (non-hydrogen) atoms. The minimum atomic E-state index is -8.01. The smallest absolute Gasteiger partial charge is 0.380 e. The molecule has 0 spiro atoms. The van der Waals surface area contributed by atoms with Crippen LogP contribution in [0, 0.1) is 0 Å². The van der Waals surface area contributed by atoms with Crippen molar-refractivity contribution in [3.05, 3.63) is 71.3 Å². The molecule has 2 aromatic rings. The average Bonchev–Trinajstić information content (AvgIpc) is 2.77. The summed E-state index contributed by atoms with van der Waals surface area (Å²) in [7, 11) is 0. The van der Waals surface area contributed by atoms with Crippen LogP contribution in [0.1, 0.15) is 43.9 Å². The lowest BCUT2D eigenvalue weighted by atomic mass is 9.77. The molecule has 0 aliphatic rings. The molecule has 1 N–H and O–H groups in total. The molecule has 1 unspecified atom stereocenters. The van der Waals surface area contributed by atoms with Gasteiger partial charge in [0.15, 0.2) is 0 Å². The molecule has 0 radical (unpaired) electrons. The zero-order valence-electron chi connectivity index (χ0n) is 19.8. The SMILES string of the molecule is CC(C)(C)c1cccc(C(O)(CC(F)(F)C(F)(F)C(F)(F)C(F)(F)C(F)(F)C(F)(F)F)c2ccccc2)c1. The summed E-state index contributed by atoms with van der Waals surface area (Å²) in [5.41, 5.74) is -4.95. The van der Waals surface area contributed by atoms with E-state index in [2.05, 4.69) is 0 Å². The van der Waals surface area contributed by atoms with E-state index in [0.717, 1.165) is 36.4 Å². The van der Waals surface area contributed by atoms with Gasteiger partial charge in [-0.25, -0.2) is 0 Å². The van der Waals surface area contributed by atoms with Crippen molar-refractivity contribution in [1.82, 2.24) is 0 Å². The fourth-order valence-corrected chi connectivity index (χ4v) is 3.56. The second kappa shape index (κ2) is 9.30. The summed E-state index contributed by atoms with van der Waals surface area (Å²) in [6.45, 7) is 4.87. The number of halogens is 13. The monoisotopic (exact) mass is 572 g/mol. The Bertz CT molecular complexity index is 1120. The third kappa shape index (κ3) is 4.95. The van der Waals surface area contributed by atoms with Gasteiger partial charge in [0.05, 0.1) is 6.42 Å². The minimum Gasteiger partial charge on any atom is -0.380 e. The summed E-state index contributed by atoms with van der Waals surface area (Å²) in [4.78, 5) is 0. The summed E-state index contributed by atoms with van der Waals surface area (Å²) in [6.07, 6.45) is -10.3. The molecule has 0 amide bonds. The molecule has 0 bridgehead atoms. The molecule has 14 heteroatoms. The minimum absolute atomic E-state index is 0.320. The largest absolute Gasteiger partial charge is 0.460 e. The lowest BCUT2D eigenvalue weighted by Crippen LogP contribution is -2.70. The van der Waals surface area contributed by atoms with E-state index in [-0.39, 0.29) is 0 Å². The van der Waals surface area contributed by atoms with Gasteiger partial charge in [0, 0.05) is 0 Å².